The minimum Gasteiger partial charge on any atom is -0.353 e. The quantitative estimate of drug-likeness (QED) is 0.634. The monoisotopic (exact) mass is 392 g/mol. The Balaban J connectivity index is 1.82. The molecule has 0 radical (unpaired) electrons. The summed E-state index contributed by atoms with van der Waals surface area (Å²) < 4.78 is 0. The smallest absolute Gasteiger partial charge is 0.220 e. The summed E-state index contributed by atoms with van der Waals surface area (Å²) in [5.74, 6) is 0.321. The van der Waals surface area contributed by atoms with Gasteiger partial charge in [-0.2, -0.15) is 0 Å². The number of halogens is 1. The van der Waals surface area contributed by atoms with Crippen LogP contribution in [0.15, 0.2) is 24.3 Å². The van der Waals surface area contributed by atoms with E-state index in [0.717, 1.165) is 50.0 Å². The Morgan fingerprint density at radius 2 is 1.70 bits per heavy atom. The molecule has 0 spiro atoms. The van der Waals surface area contributed by atoms with Gasteiger partial charge in [0.2, 0.25) is 5.91 Å². The van der Waals surface area contributed by atoms with E-state index in [1.54, 1.807) is 6.92 Å². The van der Waals surface area contributed by atoms with Gasteiger partial charge in [-0.25, -0.2) is 0 Å². The van der Waals surface area contributed by atoms with Crippen molar-refractivity contribution >= 4 is 23.3 Å². The number of nitrogens with zero attached hydrogens (tertiary/aromatic N) is 1. The highest BCUT2D eigenvalue weighted by molar-refractivity contribution is 6.30. The summed E-state index contributed by atoms with van der Waals surface area (Å²) in [4.78, 5) is 25.5. The summed E-state index contributed by atoms with van der Waals surface area (Å²) in [6.45, 7) is 1.60. The number of Topliss-reactive ketones (excluding diaryl/α,β-unsaturated/α-hetero) is 1. The number of ketones is 1. The van der Waals surface area contributed by atoms with Crippen LogP contribution < -0.4 is 5.32 Å². The van der Waals surface area contributed by atoms with E-state index < -0.39 is 0 Å². The zero-order chi connectivity index (χ0) is 19.9. The Morgan fingerprint density at radius 3 is 2.26 bits per heavy atom. The van der Waals surface area contributed by atoms with E-state index in [4.69, 9.17) is 11.6 Å². The van der Waals surface area contributed by atoms with Crippen molar-refractivity contribution < 1.29 is 9.59 Å². The third kappa shape index (κ3) is 6.93. The first-order chi connectivity index (χ1) is 12.8. The van der Waals surface area contributed by atoms with Gasteiger partial charge in [0.15, 0.2) is 0 Å². The molecule has 0 saturated heterocycles. The number of rotatable bonds is 9. The van der Waals surface area contributed by atoms with Gasteiger partial charge >= 0.3 is 0 Å². The molecule has 0 unspecified atom stereocenters. The normalized spacial score (nSPS) is 22.6. The maximum atomic E-state index is 12.2. The van der Waals surface area contributed by atoms with Gasteiger partial charge in [0.1, 0.15) is 5.78 Å². The first kappa shape index (κ1) is 21.9. The fourth-order valence-electron chi connectivity index (χ4n) is 4.02. The number of unbranched alkanes of at least 4 members (excludes halogenated alkanes) is 1. The highest BCUT2D eigenvalue weighted by atomic mass is 35.5. The van der Waals surface area contributed by atoms with Gasteiger partial charge in [-0.15, -0.1) is 0 Å². The van der Waals surface area contributed by atoms with Crippen LogP contribution in [0.2, 0.25) is 5.02 Å². The summed E-state index contributed by atoms with van der Waals surface area (Å²) in [6, 6.07) is 8.41. The summed E-state index contributed by atoms with van der Waals surface area (Å²) in [5.41, 5.74) is 1.44. The highest BCUT2D eigenvalue weighted by Gasteiger charge is 2.37. The van der Waals surface area contributed by atoms with Crippen molar-refractivity contribution in [1.29, 1.82) is 0 Å². The van der Waals surface area contributed by atoms with Crippen LogP contribution in [-0.4, -0.2) is 42.3 Å². The summed E-state index contributed by atoms with van der Waals surface area (Å²) in [5, 5.41) is 3.97. The van der Waals surface area contributed by atoms with Crippen molar-refractivity contribution in [3.63, 3.8) is 0 Å². The van der Waals surface area contributed by atoms with Crippen molar-refractivity contribution in [3.05, 3.63) is 34.9 Å². The molecule has 1 amide bonds. The summed E-state index contributed by atoms with van der Waals surface area (Å²) in [7, 11) is 4.31. The molecule has 0 aliphatic heterocycles. The molecule has 1 fully saturated rings. The Hall–Kier alpha value is -1.39. The minimum atomic E-state index is 0.124. The van der Waals surface area contributed by atoms with E-state index >= 15 is 0 Å². The molecule has 4 nitrogen and oxygen atoms in total. The zero-order valence-electron chi connectivity index (χ0n) is 16.9. The first-order valence-electron chi connectivity index (χ1n) is 10.0. The van der Waals surface area contributed by atoms with Gasteiger partial charge in [0.05, 0.1) is 0 Å². The first-order valence-corrected chi connectivity index (χ1v) is 10.4. The van der Waals surface area contributed by atoms with Gasteiger partial charge in [-0.1, -0.05) is 23.7 Å². The van der Waals surface area contributed by atoms with Gasteiger partial charge in [-0.05, 0) is 83.7 Å². The van der Waals surface area contributed by atoms with E-state index in [0.29, 0.717) is 12.8 Å². The third-order valence-corrected chi connectivity index (χ3v) is 6.11. The molecule has 1 aromatic rings. The average Bonchev–Trinajstić information content (AvgIpc) is 2.62. The van der Waals surface area contributed by atoms with Crippen LogP contribution in [0, 0.1) is 0 Å². The second-order valence-corrected chi connectivity index (χ2v) is 8.61. The Kier molecular flexibility index (Phi) is 8.30. The van der Waals surface area contributed by atoms with E-state index in [9.17, 15) is 9.59 Å². The Bertz CT molecular complexity index is 620. The predicted molar refractivity (Wildman–Crippen MR) is 111 cm³/mol. The molecule has 0 heterocycles. The number of likely N-dealkylation sites (N-methyl/N-ethyl adjacent to an activating group) is 1. The molecule has 1 aromatic carbocycles. The molecule has 5 heteroatoms. The van der Waals surface area contributed by atoms with Crippen molar-refractivity contribution in [2.45, 2.75) is 76.3 Å². The van der Waals surface area contributed by atoms with E-state index in [1.165, 1.54) is 5.56 Å². The van der Waals surface area contributed by atoms with Crippen molar-refractivity contribution in [2.75, 3.05) is 14.1 Å². The standard InChI is InChI=1S/C22H33ClN2O2/c1-17(26)6-4-5-7-21(27)24-20-12-14-22(15-13-20,25(2)3)16-18-8-10-19(23)11-9-18/h8-11,20H,4-7,12-16H2,1-3H3,(H,24,27). The average molecular weight is 393 g/mol. The topological polar surface area (TPSA) is 49.4 Å². The lowest BCUT2D eigenvalue weighted by atomic mass is 9.75. The summed E-state index contributed by atoms with van der Waals surface area (Å²) >= 11 is 6.01. The predicted octanol–water partition coefficient (Wildman–Crippen LogP) is 4.39. The number of carbonyl (C=O) groups excluding carboxylic acids is 2. The SMILES string of the molecule is CC(=O)CCCCC(=O)NC1CCC(Cc2ccc(Cl)cc2)(N(C)C)CC1. The minimum absolute atomic E-state index is 0.124. The zero-order valence-corrected chi connectivity index (χ0v) is 17.6. The molecule has 2 rings (SSSR count). The van der Waals surface area contributed by atoms with Gasteiger partial charge in [0, 0.05) is 29.4 Å². The fraction of sp³-hybridized carbons (Fsp3) is 0.636. The van der Waals surface area contributed by atoms with E-state index in [-0.39, 0.29) is 23.3 Å². The summed E-state index contributed by atoms with van der Waals surface area (Å²) in [6.07, 6.45) is 7.84. The van der Waals surface area contributed by atoms with Crippen LogP contribution in [0.25, 0.3) is 0 Å². The highest BCUT2D eigenvalue weighted by Crippen LogP contribution is 2.35. The molecular formula is C22H33ClN2O2. The Morgan fingerprint density at radius 1 is 1.11 bits per heavy atom. The number of carbonyl (C=O) groups is 2. The van der Waals surface area contributed by atoms with Crippen LogP contribution >= 0.6 is 11.6 Å². The number of amides is 1. The second kappa shape index (κ2) is 10.2. The number of hydrogen-bond donors (Lipinski definition) is 1. The third-order valence-electron chi connectivity index (χ3n) is 5.86. The lowest BCUT2D eigenvalue weighted by Gasteiger charge is -2.45. The second-order valence-electron chi connectivity index (χ2n) is 8.17. The van der Waals surface area contributed by atoms with Crippen LogP contribution in [-0.2, 0) is 16.0 Å². The lowest BCUT2D eigenvalue weighted by Crippen LogP contribution is -2.52. The van der Waals surface area contributed by atoms with Crippen molar-refractivity contribution in [1.82, 2.24) is 10.2 Å². The molecule has 0 aromatic heterocycles. The number of hydrogen-bond acceptors (Lipinski definition) is 3. The van der Waals surface area contributed by atoms with Crippen LogP contribution in [0.3, 0.4) is 0 Å². The molecule has 0 atom stereocenters. The maximum absolute atomic E-state index is 12.2. The molecule has 1 aliphatic rings. The molecule has 1 N–H and O–H groups in total. The Labute approximate surface area is 168 Å². The number of nitrogens with one attached hydrogen (secondary N) is 1. The van der Waals surface area contributed by atoms with Crippen LogP contribution in [0.4, 0.5) is 0 Å². The molecule has 150 valence electrons. The van der Waals surface area contributed by atoms with Gasteiger partial charge in [0.25, 0.3) is 0 Å². The van der Waals surface area contributed by atoms with E-state index in [1.807, 2.05) is 12.1 Å². The van der Waals surface area contributed by atoms with Crippen molar-refractivity contribution in [3.8, 4) is 0 Å². The van der Waals surface area contributed by atoms with Gasteiger partial charge < -0.3 is 15.0 Å². The maximum Gasteiger partial charge on any atom is 0.220 e. The van der Waals surface area contributed by atoms with Crippen LogP contribution in [0.1, 0.15) is 63.9 Å². The fourth-order valence-corrected chi connectivity index (χ4v) is 4.15. The number of benzene rings is 1. The molecule has 27 heavy (non-hydrogen) atoms. The van der Waals surface area contributed by atoms with Crippen molar-refractivity contribution in [2.24, 2.45) is 0 Å². The molecular weight excluding hydrogens is 360 g/mol. The molecule has 1 aliphatic carbocycles. The molecule has 1 saturated carbocycles. The molecule has 0 bridgehead atoms. The van der Waals surface area contributed by atoms with Gasteiger partial charge in [-0.3, -0.25) is 4.79 Å². The lowest BCUT2D eigenvalue weighted by molar-refractivity contribution is -0.122. The largest absolute Gasteiger partial charge is 0.353 e. The van der Waals surface area contributed by atoms with E-state index in [2.05, 4.69) is 36.4 Å². The van der Waals surface area contributed by atoms with Crippen LogP contribution in [0.5, 0.6) is 0 Å².